The van der Waals surface area contributed by atoms with Gasteiger partial charge in [-0.3, -0.25) is 4.68 Å². The van der Waals surface area contributed by atoms with Crippen molar-refractivity contribution in [2.75, 3.05) is 5.73 Å². The molecule has 3 heterocycles. The van der Waals surface area contributed by atoms with E-state index in [2.05, 4.69) is 52.5 Å². The van der Waals surface area contributed by atoms with Crippen LogP contribution < -0.4 is 5.73 Å². The highest BCUT2D eigenvalue weighted by Crippen LogP contribution is 2.50. The summed E-state index contributed by atoms with van der Waals surface area (Å²) in [7, 11) is 1.87. The van der Waals surface area contributed by atoms with Crippen LogP contribution in [0.25, 0.3) is 22.6 Å². The molecule has 1 saturated carbocycles. The van der Waals surface area contributed by atoms with E-state index < -0.39 is 0 Å². The van der Waals surface area contributed by atoms with Crippen molar-refractivity contribution in [2.24, 2.45) is 13.0 Å². The van der Waals surface area contributed by atoms with Crippen molar-refractivity contribution in [2.45, 2.75) is 32.1 Å². The highest BCUT2D eigenvalue weighted by atomic mass is 16.5. The zero-order valence-electron chi connectivity index (χ0n) is 17.3. The van der Waals surface area contributed by atoms with Gasteiger partial charge in [-0.1, -0.05) is 29.4 Å². The number of hydrogen-bond acceptors (Lipinski definition) is 6. The van der Waals surface area contributed by atoms with Crippen molar-refractivity contribution in [1.82, 2.24) is 24.9 Å². The van der Waals surface area contributed by atoms with Crippen molar-refractivity contribution >= 4 is 5.82 Å². The summed E-state index contributed by atoms with van der Waals surface area (Å²) >= 11 is 0. The summed E-state index contributed by atoms with van der Waals surface area (Å²) in [6.07, 6.45) is 7.76. The summed E-state index contributed by atoms with van der Waals surface area (Å²) in [5.41, 5.74) is 10.7. The average molecular weight is 400 g/mol. The van der Waals surface area contributed by atoms with E-state index in [1.807, 2.05) is 26.4 Å². The first-order valence-corrected chi connectivity index (χ1v) is 10.1. The Balaban J connectivity index is 1.50. The van der Waals surface area contributed by atoms with Gasteiger partial charge in [-0.15, -0.1) is 0 Å². The normalized spacial score (nSPS) is 15.8. The Bertz CT molecular complexity index is 1200. The van der Waals surface area contributed by atoms with Gasteiger partial charge < -0.3 is 10.3 Å². The Morgan fingerprint density at radius 1 is 1.10 bits per heavy atom. The second kappa shape index (κ2) is 6.79. The largest absolute Gasteiger partial charge is 0.383 e. The molecule has 0 amide bonds. The Kier molecular flexibility index (Phi) is 4.20. The van der Waals surface area contributed by atoms with E-state index in [1.54, 1.807) is 10.9 Å². The molecule has 7 nitrogen and oxygen atoms in total. The molecule has 1 aliphatic rings. The molecule has 0 bridgehead atoms. The maximum atomic E-state index is 5.86. The van der Waals surface area contributed by atoms with E-state index in [0.29, 0.717) is 17.6 Å². The van der Waals surface area contributed by atoms with Gasteiger partial charge in [0.25, 0.3) is 5.89 Å². The molecule has 7 heteroatoms. The van der Waals surface area contributed by atoms with Gasteiger partial charge >= 0.3 is 0 Å². The number of nitrogens with zero attached hydrogens (tertiary/aromatic N) is 5. The molecule has 5 rings (SSSR count). The van der Waals surface area contributed by atoms with Crippen molar-refractivity contribution < 1.29 is 4.52 Å². The molecule has 1 atom stereocenters. The van der Waals surface area contributed by atoms with E-state index >= 15 is 0 Å². The lowest BCUT2D eigenvalue weighted by Gasteiger charge is -2.27. The summed E-state index contributed by atoms with van der Waals surface area (Å²) < 4.78 is 7.32. The smallest absolute Gasteiger partial charge is 0.261 e. The van der Waals surface area contributed by atoms with E-state index in [1.165, 1.54) is 5.56 Å². The fourth-order valence-electron chi connectivity index (χ4n) is 4.04. The Labute approximate surface area is 175 Å². The van der Waals surface area contributed by atoms with E-state index in [0.717, 1.165) is 40.9 Å². The SMILES string of the molecule is Cc1cc(-c2ccc(C(C)(c3noc(-c4cnn(C)c4)n3)C3CC3)cc2)cnc1N. The molecule has 0 saturated heterocycles. The number of aromatic nitrogens is 5. The van der Waals surface area contributed by atoms with Crippen LogP contribution in [-0.2, 0) is 12.5 Å². The quantitative estimate of drug-likeness (QED) is 0.541. The van der Waals surface area contributed by atoms with Crippen LogP contribution in [0.3, 0.4) is 0 Å². The second-order valence-electron chi connectivity index (χ2n) is 8.31. The molecule has 152 valence electrons. The molecule has 1 unspecified atom stereocenters. The Morgan fingerprint density at radius 2 is 1.87 bits per heavy atom. The van der Waals surface area contributed by atoms with Gasteiger partial charge in [0.2, 0.25) is 0 Å². The van der Waals surface area contributed by atoms with Crippen molar-refractivity contribution in [3.05, 3.63) is 65.9 Å². The van der Waals surface area contributed by atoms with Crippen molar-refractivity contribution in [3.63, 3.8) is 0 Å². The lowest BCUT2D eigenvalue weighted by molar-refractivity contribution is 0.386. The van der Waals surface area contributed by atoms with Gasteiger partial charge in [0, 0.05) is 25.0 Å². The minimum atomic E-state index is -0.294. The number of nitrogens with two attached hydrogens (primary N) is 1. The second-order valence-corrected chi connectivity index (χ2v) is 8.31. The summed E-state index contributed by atoms with van der Waals surface area (Å²) in [5, 5.41) is 8.56. The Hall–Kier alpha value is -3.48. The number of pyridine rings is 1. The van der Waals surface area contributed by atoms with Gasteiger partial charge in [0.1, 0.15) is 5.82 Å². The molecule has 3 aromatic heterocycles. The maximum Gasteiger partial charge on any atom is 0.261 e. The van der Waals surface area contributed by atoms with Crippen LogP contribution in [-0.4, -0.2) is 24.9 Å². The summed E-state index contributed by atoms with van der Waals surface area (Å²) in [5.74, 6) is 2.30. The van der Waals surface area contributed by atoms with Crippen LogP contribution in [0, 0.1) is 12.8 Å². The molecule has 1 aromatic carbocycles. The van der Waals surface area contributed by atoms with Crippen LogP contribution in [0.5, 0.6) is 0 Å². The van der Waals surface area contributed by atoms with E-state index in [-0.39, 0.29) is 5.41 Å². The van der Waals surface area contributed by atoms with Gasteiger partial charge in [-0.05, 0) is 55.4 Å². The third-order valence-electron chi connectivity index (χ3n) is 6.17. The zero-order chi connectivity index (χ0) is 20.9. The first kappa shape index (κ1) is 18.5. The molecular weight excluding hydrogens is 376 g/mol. The Morgan fingerprint density at radius 3 is 2.50 bits per heavy atom. The molecule has 30 heavy (non-hydrogen) atoms. The van der Waals surface area contributed by atoms with Crippen LogP contribution in [0.1, 0.15) is 36.7 Å². The third-order valence-corrected chi connectivity index (χ3v) is 6.17. The topological polar surface area (TPSA) is 95.6 Å². The first-order chi connectivity index (χ1) is 14.4. The average Bonchev–Trinajstić information content (AvgIpc) is 3.33. The predicted molar refractivity (Wildman–Crippen MR) is 115 cm³/mol. The molecule has 0 radical (unpaired) electrons. The monoisotopic (exact) mass is 400 g/mol. The minimum Gasteiger partial charge on any atom is -0.383 e. The van der Waals surface area contributed by atoms with Crippen molar-refractivity contribution in [3.8, 4) is 22.6 Å². The summed E-state index contributed by atoms with van der Waals surface area (Å²) in [6, 6.07) is 10.7. The molecule has 0 aliphatic heterocycles. The van der Waals surface area contributed by atoms with Crippen LogP contribution in [0.4, 0.5) is 5.82 Å². The van der Waals surface area contributed by atoms with Crippen LogP contribution >= 0.6 is 0 Å². The maximum absolute atomic E-state index is 5.86. The fraction of sp³-hybridized carbons (Fsp3) is 0.304. The number of aryl methyl sites for hydroxylation is 2. The number of hydrogen-bond donors (Lipinski definition) is 1. The van der Waals surface area contributed by atoms with E-state index in [4.69, 9.17) is 15.2 Å². The van der Waals surface area contributed by atoms with Gasteiger partial charge in [0.05, 0.1) is 17.2 Å². The van der Waals surface area contributed by atoms with Crippen molar-refractivity contribution in [1.29, 1.82) is 0 Å². The van der Waals surface area contributed by atoms with Gasteiger partial charge in [0.15, 0.2) is 5.82 Å². The number of anilines is 1. The lowest BCUT2D eigenvalue weighted by atomic mass is 9.76. The zero-order valence-corrected chi connectivity index (χ0v) is 17.3. The standard InChI is InChI=1S/C23H24N6O/c1-14-10-16(11-25-20(14)24)15-4-6-18(7-5-15)23(2,19-8-9-19)22-27-21(30-28-22)17-12-26-29(3)13-17/h4-7,10-13,19H,8-9H2,1-3H3,(H2,24,25). The highest BCUT2D eigenvalue weighted by molar-refractivity contribution is 5.66. The molecular formula is C23H24N6O. The predicted octanol–water partition coefficient (Wildman–Crippen LogP) is 4.14. The number of rotatable bonds is 5. The van der Waals surface area contributed by atoms with E-state index in [9.17, 15) is 0 Å². The summed E-state index contributed by atoms with van der Waals surface area (Å²) in [4.78, 5) is 9.03. The molecule has 2 N–H and O–H groups in total. The third kappa shape index (κ3) is 3.07. The van der Waals surface area contributed by atoms with Crippen LogP contribution in [0.15, 0.2) is 53.4 Å². The molecule has 1 fully saturated rings. The summed E-state index contributed by atoms with van der Waals surface area (Å²) in [6.45, 7) is 4.19. The number of benzene rings is 1. The highest BCUT2D eigenvalue weighted by Gasteiger charge is 2.47. The first-order valence-electron chi connectivity index (χ1n) is 10.1. The van der Waals surface area contributed by atoms with Crippen LogP contribution in [0.2, 0.25) is 0 Å². The molecule has 0 spiro atoms. The fourth-order valence-corrected chi connectivity index (χ4v) is 4.04. The molecule has 4 aromatic rings. The molecule has 1 aliphatic carbocycles. The minimum absolute atomic E-state index is 0.294. The van der Waals surface area contributed by atoms with Gasteiger partial charge in [-0.2, -0.15) is 10.1 Å². The lowest BCUT2D eigenvalue weighted by Crippen LogP contribution is -2.28. The van der Waals surface area contributed by atoms with Gasteiger partial charge in [-0.25, -0.2) is 4.98 Å². The number of nitrogen functional groups attached to an aromatic ring is 1.